The lowest BCUT2D eigenvalue weighted by Gasteiger charge is -2.29. The zero-order chi connectivity index (χ0) is 42.7. The van der Waals surface area contributed by atoms with E-state index in [0.717, 1.165) is 13.8 Å². The van der Waals surface area contributed by atoms with Gasteiger partial charge in [0.15, 0.2) is 46.5 Å². The van der Waals surface area contributed by atoms with Gasteiger partial charge in [0.25, 0.3) is 0 Å². The number of hydrogen-bond acceptors (Lipinski definition) is 10. The maximum atomic E-state index is 15.3. The van der Waals surface area contributed by atoms with Gasteiger partial charge in [-0.25, -0.2) is 63.9 Å². The molecular weight excluding hydrogens is 776 g/mol. The Hall–Kier alpha value is -6.74. The van der Waals surface area contributed by atoms with E-state index in [4.69, 9.17) is 18.9 Å². The van der Waals surface area contributed by atoms with Gasteiger partial charge < -0.3 is 40.2 Å². The molecule has 0 aliphatic heterocycles. The molecule has 22 heteroatoms. The first-order valence-electron chi connectivity index (χ1n) is 15.2. The van der Waals surface area contributed by atoms with Gasteiger partial charge in [0.05, 0.1) is 11.1 Å². The van der Waals surface area contributed by atoms with Gasteiger partial charge in [0.1, 0.15) is 48.9 Å². The smallest absolute Gasteiger partial charge is 0.330 e. The quantitative estimate of drug-likeness (QED) is 0.0548. The van der Waals surface area contributed by atoms with Gasteiger partial charge in [-0.05, 0) is 13.8 Å². The van der Waals surface area contributed by atoms with Crippen LogP contribution in [0.3, 0.4) is 0 Å². The molecule has 2 aromatic carbocycles. The standard InChI is InChI=1S/C34H30F8N4O10/c1-7-15(47)53-11-33(5,12-54-16(48)8-2)45-31(51)43-29-25(39)21(35)19(22(36)26(29)40)20-23(37)27(41)30(28(42)24(20)38)44-32(52)46-34(6,13-55-17(49)9-3)14-56-18(50)10-4/h7-10H,1-4,11-14H2,5-6H3,(H2,43,45,51)(H2,44,46,52). The van der Waals surface area contributed by atoms with E-state index in [1.54, 1.807) is 0 Å². The number of ether oxygens (including phenoxy) is 4. The topological polar surface area (TPSA) is 187 Å². The van der Waals surface area contributed by atoms with E-state index in [1.165, 1.54) is 10.6 Å². The second-order valence-electron chi connectivity index (χ2n) is 11.5. The third kappa shape index (κ3) is 11.1. The fourth-order valence-corrected chi connectivity index (χ4v) is 4.14. The van der Waals surface area contributed by atoms with Gasteiger partial charge in [-0.3, -0.25) is 0 Å². The van der Waals surface area contributed by atoms with E-state index in [1.807, 2.05) is 10.6 Å². The van der Waals surface area contributed by atoms with Crippen molar-refractivity contribution in [3.05, 3.63) is 97.2 Å². The summed E-state index contributed by atoms with van der Waals surface area (Å²) < 4.78 is 141. The summed E-state index contributed by atoms with van der Waals surface area (Å²) >= 11 is 0. The summed E-state index contributed by atoms with van der Waals surface area (Å²) in [7, 11) is 0. The number of benzene rings is 2. The van der Waals surface area contributed by atoms with Gasteiger partial charge in [-0.15, -0.1) is 0 Å². The summed E-state index contributed by atoms with van der Waals surface area (Å²) in [5.74, 6) is -25.1. The Balaban J connectivity index is 2.51. The summed E-state index contributed by atoms with van der Waals surface area (Å²) in [5.41, 5.74) is -12.4. The van der Waals surface area contributed by atoms with E-state index in [2.05, 4.69) is 26.3 Å². The number of nitrogens with one attached hydrogen (secondary N) is 4. The van der Waals surface area contributed by atoms with Crippen molar-refractivity contribution in [3.63, 3.8) is 0 Å². The van der Waals surface area contributed by atoms with Crippen molar-refractivity contribution in [2.24, 2.45) is 0 Å². The maximum Gasteiger partial charge on any atom is 0.330 e. The number of esters is 4. The molecule has 0 heterocycles. The second-order valence-corrected chi connectivity index (χ2v) is 11.5. The molecule has 0 aliphatic carbocycles. The average Bonchev–Trinajstić information content (AvgIpc) is 3.17. The minimum atomic E-state index is -2.68. The molecule has 0 atom stereocenters. The normalized spacial score (nSPS) is 11.0. The van der Waals surface area contributed by atoms with E-state index < -0.39 is 142 Å². The number of carbonyl (C=O) groups is 6. The van der Waals surface area contributed by atoms with Crippen molar-refractivity contribution in [1.29, 1.82) is 0 Å². The largest absolute Gasteiger partial charge is 0.460 e. The average molecular weight is 807 g/mol. The highest BCUT2D eigenvalue weighted by molar-refractivity contribution is 5.92. The molecule has 14 nitrogen and oxygen atoms in total. The molecule has 56 heavy (non-hydrogen) atoms. The summed E-state index contributed by atoms with van der Waals surface area (Å²) in [6.45, 7) is 11.5. The monoisotopic (exact) mass is 806 g/mol. The van der Waals surface area contributed by atoms with Crippen molar-refractivity contribution < 1.29 is 82.8 Å². The van der Waals surface area contributed by atoms with Crippen LogP contribution in [-0.4, -0.2) is 73.4 Å². The predicted molar refractivity (Wildman–Crippen MR) is 177 cm³/mol. The maximum absolute atomic E-state index is 15.3. The van der Waals surface area contributed by atoms with Crippen molar-refractivity contribution in [2.75, 3.05) is 37.1 Å². The molecule has 0 fully saturated rings. The molecular formula is C34H30F8N4O10. The van der Waals surface area contributed by atoms with E-state index in [9.17, 15) is 28.8 Å². The molecule has 0 saturated heterocycles. The Morgan fingerprint density at radius 2 is 0.679 bits per heavy atom. The Morgan fingerprint density at radius 1 is 0.464 bits per heavy atom. The van der Waals surface area contributed by atoms with Gasteiger partial charge in [0, 0.05) is 24.3 Å². The van der Waals surface area contributed by atoms with Gasteiger partial charge in [-0.1, -0.05) is 26.3 Å². The lowest BCUT2D eigenvalue weighted by atomic mass is 10.00. The summed E-state index contributed by atoms with van der Waals surface area (Å²) in [6.07, 6.45) is 2.82. The third-order valence-corrected chi connectivity index (χ3v) is 6.88. The number of anilines is 2. The van der Waals surface area contributed by atoms with Gasteiger partial charge in [-0.2, -0.15) is 0 Å². The fraction of sp³-hybridized carbons (Fsp3) is 0.235. The lowest BCUT2D eigenvalue weighted by molar-refractivity contribution is -0.145. The van der Waals surface area contributed by atoms with Crippen LogP contribution in [-0.2, 0) is 38.1 Å². The lowest BCUT2D eigenvalue weighted by Crippen LogP contribution is -2.55. The van der Waals surface area contributed by atoms with Crippen LogP contribution in [0.5, 0.6) is 0 Å². The predicted octanol–water partition coefficient (Wildman–Crippen LogP) is 5.14. The molecule has 4 amide bonds. The van der Waals surface area contributed by atoms with Gasteiger partial charge in [0.2, 0.25) is 0 Å². The van der Waals surface area contributed by atoms with Crippen molar-refractivity contribution >= 4 is 47.3 Å². The summed E-state index contributed by atoms with van der Waals surface area (Å²) in [6, 6.07) is -3.39. The minimum Gasteiger partial charge on any atom is -0.460 e. The van der Waals surface area contributed by atoms with Crippen LogP contribution in [0.15, 0.2) is 50.6 Å². The molecule has 0 spiro atoms. The highest BCUT2D eigenvalue weighted by Gasteiger charge is 2.37. The Labute approximate surface area is 311 Å². The van der Waals surface area contributed by atoms with E-state index >= 15 is 35.1 Å². The number of amides is 4. The SMILES string of the molecule is C=CC(=O)OCC(C)(COC(=O)C=C)NC(=O)Nc1c(F)c(F)c(-c2c(F)c(F)c(NC(=O)NC(C)(COC(=O)C=C)COC(=O)C=C)c(F)c2F)c(F)c1F. The summed E-state index contributed by atoms with van der Waals surface area (Å²) in [5, 5.41) is 6.71. The van der Waals surface area contributed by atoms with Crippen LogP contribution in [0.1, 0.15) is 13.8 Å². The van der Waals surface area contributed by atoms with E-state index in [-0.39, 0.29) is 0 Å². The number of rotatable bonds is 17. The zero-order valence-electron chi connectivity index (χ0n) is 29.1. The Kier molecular flexibility index (Phi) is 15.4. The second kappa shape index (κ2) is 19.0. The highest BCUT2D eigenvalue weighted by atomic mass is 19.2. The molecule has 0 radical (unpaired) electrons. The minimum absolute atomic E-state index is 0.704. The zero-order valence-corrected chi connectivity index (χ0v) is 29.1. The Bertz CT molecular complexity index is 1750. The number of carbonyl (C=O) groups excluding carboxylic acids is 6. The molecule has 0 aromatic heterocycles. The molecule has 302 valence electrons. The van der Waals surface area contributed by atoms with Crippen molar-refractivity contribution in [1.82, 2.24) is 10.6 Å². The first-order chi connectivity index (χ1) is 26.1. The first kappa shape index (κ1) is 45.4. The van der Waals surface area contributed by atoms with Gasteiger partial charge >= 0.3 is 35.9 Å². The molecule has 0 aliphatic rings. The fourth-order valence-electron chi connectivity index (χ4n) is 4.14. The van der Waals surface area contributed by atoms with E-state index in [0.29, 0.717) is 24.3 Å². The summed E-state index contributed by atoms with van der Waals surface area (Å²) in [4.78, 5) is 71.4. The highest BCUT2D eigenvalue weighted by Crippen LogP contribution is 2.40. The molecule has 0 saturated carbocycles. The van der Waals surface area contributed by atoms with Crippen LogP contribution < -0.4 is 21.3 Å². The van der Waals surface area contributed by atoms with Crippen LogP contribution in [0.2, 0.25) is 0 Å². The van der Waals surface area contributed by atoms with Crippen LogP contribution in [0.4, 0.5) is 56.1 Å². The molecule has 2 rings (SSSR count). The van der Waals surface area contributed by atoms with Crippen LogP contribution >= 0.6 is 0 Å². The number of halogens is 8. The third-order valence-electron chi connectivity index (χ3n) is 6.88. The number of hydrogen-bond donors (Lipinski definition) is 4. The molecule has 0 bridgehead atoms. The molecule has 0 unspecified atom stereocenters. The van der Waals surface area contributed by atoms with Crippen molar-refractivity contribution in [3.8, 4) is 11.1 Å². The molecule has 2 aromatic rings. The van der Waals surface area contributed by atoms with Crippen LogP contribution in [0, 0.1) is 46.5 Å². The Morgan fingerprint density at radius 3 is 0.875 bits per heavy atom. The molecule has 4 N–H and O–H groups in total. The first-order valence-corrected chi connectivity index (χ1v) is 15.2. The van der Waals surface area contributed by atoms with Crippen LogP contribution in [0.25, 0.3) is 11.1 Å². The number of urea groups is 2. The van der Waals surface area contributed by atoms with Crippen molar-refractivity contribution in [2.45, 2.75) is 24.9 Å².